The maximum atomic E-state index is 9.14. The van der Waals surface area contributed by atoms with Gasteiger partial charge in [-0.2, -0.15) is 0 Å². The summed E-state index contributed by atoms with van der Waals surface area (Å²) in [5.41, 5.74) is 6.78. The molecule has 88 valence electrons. The Bertz CT molecular complexity index is 380. The van der Waals surface area contributed by atoms with Crippen LogP contribution in [0.4, 0.5) is 0 Å². The van der Waals surface area contributed by atoms with Gasteiger partial charge in [-0.25, -0.2) is 0 Å². The molecule has 1 heterocycles. The molecule has 0 bridgehead atoms. The second kappa shape index (κ2) is 4.69. The average Bonchev–Trinajstić information content (AvgIpc) is 2.36. The van der Waals surface area contributed by atoms with E-state index in [2.05, 4.69) is 0 Å². The van der Waals surface area contributed by atoms with Crippen LogP contribution >= 0.6 is 0 Å². The van der Waals surface area contributed by atoms with E-state index in [0.717, 1.165) is 0 Å². The van der Waals surface area contributed by atoms with Gasteiger partial charge in [-0.3, -0.25) is 0 Å². The maximum Gasteiger partial charge on any atom is 0.162 e. The lowest BCUT2D eigenvalue weighted by atomic mass is 10.1. The summed E-state index contributed by atoms with van der Waals surface area (Å²) in [7, 11) is 0. The smallest absolute Gasteiger partial charge is 0.162 e. The average molecular weight is 225 g/mol. The first-order valence-corrected chi connectivity index (χ1v) is 5.15. The van der Waals surface area contributed by atoms with Gasteiger partial charge in [0.1, 0.15) is 12.7 Å². The highest BCUT2D eigenvalue weighted by molar-refractivity contribution is 5.48. The van der Waals surface area contributed by atoms with Gasteiger partial charge in [0.15, 0.2) is 11.5 Å². The summed E-state index contributed by atoms with van der Waals surface area (Å²) < 4.78 is 11.1. The first-order valence-electron chi connectivity index (χ1n) is 5.15. The molecule has 5 heteroatoms. The number of aliphatic hydroxyl groups is 2. The van der Waals surface area contributed by atoms with Gasteiger partial charge in [0, 0.05) is 6.54 Å². The number of nitrogens with two attached hydrogens (primary N) is 1. The van der Waals surface area contributed by atoms with Crippen molar-refractivity contribution in [3.05, 3.63) is 23.3 Å². The van der Waals surface area contributed by atoms with E-state index in [9.17, 15) is 0 Å². The third kappa shape index (κ3) is 1.97. The highest BCUT2D eigenvalue weighted by atomic mass is 16.6. The zero-order valence-corrected chi connectivity index (χ0v) is 8.85. The summed E-state index contributed by atoms with van der Waals surface area (Å²) in [6.07, 6.45) is -0.154. The normalized spacial score (nSPS) is 18.6. The molecule has 0 spiro atoms. The largest absolute Gasteiger partial charge is 0.486 e. The van der Waals surface area contributed by atoms with Crippen LogP contribution in [0.5, 0.6) is 11.5 Å². The molecule has 0 fully saturated rings. The van der Waals surface area contributed by atoms with E-state index in [1.165, 1.54) is 0 Å². The van der Waals surface area contributed by atoms with Gasteiger partial charge < -0.3 is 25.4 Å². The molecule has 0 radical (unpaired) electrons. The molecule has 4 N–H and O–H groups in total. The third-order valence-electron chi connectivity index (χ3n) is 2.59. The summed E-state index contributed by atoms with van der Waals surface area (Å²) in [6, 6.07) is 3.37. The van der Waals surface area contributed by atoms with Crippen molar-refractivity contribution in [2.24, 2.45) is 5.73 Å². The minimum Gasteiger partial charge on any atom is -0.486 e. The predicted molar refractivity (Wildman–Crippen MR) is 57.3 cm³/mol. The van der Waals surface area contributed by atoms with Gasteiger partial charge in [0.05, 0.1) is 13.2 Å². The highest BCUT2D eigenvalue weighted by Gasteiger charge is 2.21. The second-order valence-electron chi connectivity index (χ2n) is 3.67. The van der Waals surface area contributed by atoms with Crippen molar-refractivity contribution in [2.75, 3.05) is 13.2 Å². The minimum atomic E-state index is -0.154. The minimum absolute atomic E-state index is 0.132. The third-order valence-corrected chi connectivity index (χ3v) is 2.59. The number of fused-ring (bicyclic) bond motifs is 1. The lowest BCUT2D eigenvalue weighted by molar-refractivity contribution is 0.0960. The summed E-state index contributed by atoms with van der Waals surface area (Å²) in [5.74, 6) is 1.16. The van der Waals surface area contributed by atoms with E-state index < -0.39 is 0 Å². The van der Waals surface area contributed by atoms with Crippen LogP contribution < -0.4 is 15.2 Å². The van der Waals surface area contributed by atoms with Crippen molar-refractivity contribution in [3.8, 4) is 11.5 Å². The Balaban J connectivity index is 2.34. The number of benzene rings is 1. The van der Waals surface area contributed by atoms with Crippen molar-refractivity contribution < 1.29 is 19.7 Å². The Kier molecular flexibility index (Phi) is 3.28. The van der Waals surface area contributed by atoms with Crippen LogP contribution in [0.25, 0.3) is 0 Å². The van der Waals surface area contributed by atoms with Crippen molar-refractivity contribution in [1.29, 1.82) is 0 Å². The van der Waals surface area contributed by atoms with Gasteiger partial charge in [-0.05, 0) is 23.3 Å². The second-order valence-corrected chi connectivity index (χ2v) is 3.67. The van der Waals surface area contributed by atoms with Crippen LogP contribution in [0.15, 0.2) is 12.1 Å². The van der Waals surface area contributed by atoms with Crippen molar-refractivity contribution >= 4 is 0 Å². The first kappa shape index (κ1) is 11.2. The topological polar surface area (TPSA) is 84.9 Å². The predicted octanol–water partition coefficient (Wildman–Crippen LogP) is -0.230. The molecule has 1 unspecified atom stereocenters. The molecule has 1 aliphatic heterocycles. The van der Waals surface area contributed by atoms with Gasteiger partial charge in [-0.1, -0.05) is 0 Å². The number of hydrogen-bond donors (Lipinski definition) is 3. The van der Waals surface area contributed by atoms with E-state index >= 15 is 0 Å². The zero-order chi connectivity index (χ0) is 11.5. The first-order chi connectivity index (χ1) is 7.78. The molecule has 16 heavy (non-hydrogen) atoms. The maximum absolute atomic E-state index is 9.14. The van der Waals surface area contributed by atoms with Crippen LogP contribution in [-0.4, -0.2) is 29.5 Å². The van der Waals surface area contributed by atoms with Gasteiger partial charge >= 0.3 is 0 Å². The monoisotopic (exact) mass is 225 g/mol. The molecule has 0 aliphatic carbocycles. The van der Waals surface area contributed by atoms with Crippen LogP contribution in [0, 0.1) is 0 Å². The Hall–Kier alpha value is -1.30. The Labute approximate surface area is 93.4 Å². The standard InChI is InChI=1S/C11H15NO4/c12-3-9-6-15-10-1-7(4-13)8(5-14)2-11(10)16-9/h1-2,9,13-14H,3-6,12H2. The molecular formula is C11H15NO4. The van der Waals surface area contributed by atoms with Crippen LogP contribution in [0.1, 0.15) is 11.1 Å². The molecule has 1 aromatic carbocycles. The Morgan fingerprint density at radius 3 is 2.38 bits per heavy atom. The molecule has 0 amide bonds. The van der Waals surface area contributed by atoms with Crippen molar-refractivity contribution in [3.63, 3.8) is 0 Å². The van der Waals surface area contributed by atoms with Crippen molar-refractivity contribution in [1.82, 2.24) is 0 Å². The molecule has 5 nitrogen and oxygen atoms in total. The summed E-state index contributed by atoms with van der Waals surface area (Å²) in [6.45, 7) is 0.523. The molecular weight excluding hydrogens is 210 g/mol. The molecule has 0 saturated carbocycles. The van der Waals surface area contributed by atoms with E-state index in [0.29, 0.717) is 35.8 Å². The van der Waals surface area contributed by atoms with Crippen LogP contribution in [0.3, 0.4) is 0 Å². The Morgan fingerprint density at radius 2 is 1.81 bits per heavy atom. The number of aliphatic hydroxyl groups excluding tert-OH is 2. The summed E-state index contributed by atoms with van der Waals surface area (Å²) >= 11 is 0. The fourth-order valence-corrected chi connectivity index (χ4v) is 1.66. The van der Waals surface area contributed by atoms with E-state index in [1.54, 1.807) is 12.1 Å². The van der Waals surface area contributed by atoms with E-state index in [4.69, 9.17) is 25.4 Å². The van der Waals surface area contributed by atoms with Crippen molar-refractivity contribution in [2.45, 2.75) is 19.3 Å². The number of rotatable bonds is 3. The lowest BCUT2D eigenvalue weighted by Crippen LogP contribution is -2.35. The lowest BCUT2D eigenvalue weighted by Gasteiger charge is -2.26. The van der Waals surface area contributed by atoms with Gasteiger partial charge in [0.25, 0.3) is 0 Å². The molecule has 2 rings (SSSR count). The molecule has 1 aliphatic rings. The number of ether oxygens (including phenoxy) is 2. The zero-order valence-electron chi connectivity index (χ0n) is 8.85. The van der Waals surface area contributed by atoms with E-state index in [-0.39, 0.29) is 19.3 Å². The molecule has 1 atom stereocenters. The number of hydrogen-bond acceptors (Lipinski definition) is 5. The fourth-order valence-electron chi connectivity index (χ4n) is 1.66. The Morgan fingerprint density at radius 1 is 1.19 bits per heavy atom. The quantitative estimate of drug-likeness (QED) is 0.661. The molecule has 1 aromatic rings. The van der Waals surface area contributed by atoms with Crippen LogP contribution in [-0.2, 0) is 13.2 Å². The van der Waals surface area contributed by atoms with Gasteiger partial charge in [0.2, 0.25) is 0 Å². The fraction of sp³-hybridized carbons (Fsp3) is 0.455. The van der Waals surface area contributed by atoms with E-state index in [1.807, 2.05) is 0 Å². The van der Waals surface area contributed by atoms with Crippen LogP contribution in [0.2, 0.25) is 0 Å². The summed E-state index contributed by atoms with van der Waals surface area (Å²) in [4.78, 5) is 0. The van der Waals surface area contributed by atoms with Gasteiger partial charge in [-0.15, -0.1) is 0 Å². The molecule has 0 saturated heterocycles. The summed E-state index contributed by atoms with van der Waals surface area (Å²) in [5, 5.41) is 18.3. The highest BCUT2D eigenvalue weighted by Crippen LogP contribution is 2.34. The molecule has 0 aromatic heterocycles. The SMILES string of the molecule is NCC1COc2cc(CO)c(CO)cc2O1.